The van der Waals surface area contributed by atoms with Crippen LogP contribution >= 0.6 is 0 Å². The predicted octanol–water partition coefficient (Wildman–Crippen LogP) is 0.505. The normalized spacial score (nSPS) is 10.6. The molecular formula is C13H16N4O2. The Kier molecular flexibility index (Phi) is 3.79. The lowest BCUT2D eigenvalue weighted by Gasteiger charge is -2.07. The first-order chi connectivity index (χ1) is 9.11. The van der Waals surface area contributed by atoms with Gasteiger partial charge in [-0.05, 0) is 25.1 Å². The van der Waals surface area contributed by atoms with Crippen LogP contribution in [0.2, 0.25) is 0 Å². The molecule has 2 rings (SSSR count). The Bertz CT molecular complexity index is 663. The van der Waals surface area contributed by atoms with E-state index in [9.17, 15) is 9.59 Å². The van der Waals surface area contributed by atoms with Crippen LogP contribution in [0.5, 0.6) is 0 Å². The highest BCUT2D eigenvalue weighted by Gasteiger charge is 2.06. The molecule has 0 saturated carbocycles. The van der Waals surface area contributed by atoms with E-state index in [1.54, 1.807) is 18.2 Å². The second-order valence-corrected chi connectivity index (χ2v) is 4.22. The van der Waals surface area contributed by atoms with Crippen molar-refractivity contribution in [3.05, 3.63) is 34.9 Å². The minimum absolute atomic E-state index is 0.0814. The highest BCUT2D eigenvalue weighted by atomic mass is 16.1. The fourth-order valence-electron chi connectivity index (χ4n) is 1.84. The number of nitrogens with two attached hydrogens (primary N) is 1. The minimum atomic E-state index is -0.179. The van der Waals surface area contributed by atoms with Crippen LogP contribution < -0.4 is 16.6 Å². The molecule has 0 bridgehead atoms. The number of amides is 1. The van der Waals surface area contributed by atoms with Crippen molar-refractivity contribution in [2.75, 3.05) is 12.3 Å². The van der Waals surface area contributed by atoms with Gasteiger partial charge in [0.2, 0.25) is 5.91 Å². The number of nitrogen functional groups attached to an aromatic ring is 1. The lowest BCUT2D eigenvalue weighted by molar-refractivity contribution is -0.121. The lowest BCUT2D eigenvalue weighted by atomic mass is 10.2. The summed E-state index contributed by atoms with van der Waals surface area (Å²) in [4.78, 5) is 27.7. The zero-order valence-corrected chi connectivity index (χ0v) is 10.7. The van der Waals surface area contributed by atoms with Gasteiger partial charge in [0.25, 0.3) is 5.56 Å². The Balaban J connectivity index is 2.27. The Labute approximate surface area is 110 Å². The number of anilines is 1. The van der Waals surface area contributed by atoms with E-state index in [4.69, 9.17) is 5.73 Å². The number of carbonyl (C=O) groups is 1. The molecule has 1 heterocycles. The summed E-state index contributed by atoms with van der Waals surface area (Å²) < 4.78 is 1.43. The highest BCUT2D eigenvalue weighted by Crippen LogP contribution is 2.10. The van der Waals surface area contributed by atoms with Gasteiger partial charge < -0.3 is 11.1 Å². The molecule has 3 N–H and O–H groups in total. The van der Waals surface area contributed by atoms with Crippen LogP contribution in [0.25, 0.3) is 10.9 Å². The van der Waals surface area contributed by atoms with Crippen molar-refractivity contribution >= 4 is 22.5 Å². The minimum Gasteiger partial charge on any atom is -0.399 e. The van der Waals surface area contributed by atoms with E-state index in [1.165, 1.54) is 10.9 Å². The van der Waals surface area contributed by atoms with Crippen LogP contribution in [0.3, 0.4) is 0 Å². The molecule has 0 saturated heterocycles. The van der Waals surface area contributed by atoms with Crippen molar-refractivity contribution in [1.29, 1.82) is 0 Å². The first-order valence-corrected chi connectivity index (χ1v) is 6.13. The van der Waals surface area contributed by atoms with Crippen molar-refractivity contribution in [2.45, 2.75) is 19.9 Å². The Morgan fingerprint density at radius 2 is 2.26 bits per heavy atom. The summed E-state index contributed by atoms with van der Waals surface area (Å²) in [5.41, 5.74) is 6.61. The third-order valence-electron chi connectivity index (χ3n) is 2.80. The fraction of sp³-hybridized carbons (Fsp3) is 0.308. The SMILES string of the molecule is CCNC(=O)CCn1cnc2ccc(N)cc2c1=O. The molecule has 19 heavy (non-hydrogen) atoms. The number of hydrogen-bond donors (Lipinski definition) is 2. The molecule has 6 heteroatoms. The Hall–Kier alpha value is -2.37. The van der Waals surface area contributed by atoms with E-state index >= 15 is 0 Å². The molecule has 0 atom stereocenters. The number of nitrogens with zero attached hydrogens (tertiary/aromatic N) is 2. The second kappa shape index (κ2) is 5.51. The maximum atomic E-state index is 12.2. The molecule has 0 aliphatic rings. The lowest BCUT2D eigenvalue weighted by Crippen LogP contribution is -2.27. The van der Waals surface area contributed by atoms with Gasteiger partial charge in [0.1, 0.15) is 0 Å². The number of benzene rings is 1. The zero-order chi connectivity index (χ0) is 13.8. The summed E-state index contributed by atoms with van der Waals surface area (Å²) in [6.45, 7) is 2.74. The largest absolute Gasteiger partial charge is 0.399 e. The molecule has 0 aliphatic heterocycles. The van der Waals surface area contributed by atoms with Crippen LogP contribution in [0.15, 0.2) is 29.3 Å². The van der Waals surface area contributed by atoms with Crippen molar-refractivity contribution in [1.82, 2.24) is 14.9 Å². The molecule has 6 nitrogen and oxygen atoms in total. The van der Waals surface area contributed by atoms with E-state index in [1.807, 2.05) is 6.92 Å². The molecule has 0 aliphatic carbocycles. The number of nitrogens with one attached hydrogen (secondary N) is 1. The zero-order valence-electron chi connectivity index (χ0n) is 10.7. The number of fused-ring (bicyclic) bond motifs is 1. The molecule has 1 amide bonds. The van der Waals surface area contributed by atoms with E-state index < -0.39 is 0 Å². The van der Waals surface area contributed by atoms with E-state index in [-0.39, 0.29) is 17.9 Å². The van der Waals surface area contributed by atoms with Gasteiger partial charge >= 0.3 is 0 Å². The molecule has 0 spiro atoms. The van der Waals surface area contributed by atoms with E-state index in [0.717, 1.165) is 0 Å². The van der Waals surface area contributed by atoms with Crippen LogP contribution in [-0.4, -0.2) is 22.0 Å². The maximum absolute atomic E-state index is 12.2. The monoisotopic (exact) mass is 260 g/mol. The van der Waals surface area contributed by atoms with E-state index in [2.05, 4.69) is 10.3 Å². The molecule has 100 valence electrons. The summed E-state index contributed by atoms with van der Waals surface area (Å²) in [7, 11) is 0. The third kappa shape index (κ3) is 2.90. The van der Waals surface area contributed by atoms with Crippen molar-refractivity contribution in [2.24, 2.45) is 0 Å². The Morgan fingerprint density at radius 3 is 3.00 bits per heavy atom. The number of aromatic nitrogens is 2. The summed E-state index contributed by atoms with van der Waals surface area (Å²) in [5.74, 6) is -0.0814. The molecule has 0 radical (unpaired) electrons. The summed E-state index contributed by atoms with van der Waals surface area (Å²) in [6, 6.07) is 5.02. The van der Waals surface area contributed by atoms with Gasteiger partial charge in [-0.2, -0.15) is 0 Å². The van der Waals surface area contributed by atoms with Gasteiger partial charge in [0.15, 0.2) is 0 Å². The van der Waals surface area contributed by atoms with Gasteiger partial charge in [0, 0.05) is 25.2 Å². The summed E-state index contributed by atoms with van der Waals surface area (Å²) >= 11 is 0. The molecule has 1 aromatic carbocycles. The second-order valence-electron chi connectivity index (χ2n) is 4.22. The van der Waals surface area contributed by atoms with Gasteiger partial charge in [-0.15, -0.1) is 0 Å². The maximum Gasteiger partial charge on any atom is 0.261 e. The first kappa shape index (κ1) is 13.1. The number of aryl methyl sites for hydroxylation is 1. The van der Waals surface area contributed by atoms with Crippen molar-refractivity contribution in [3.8, 4) is 0 Å². The molecule has 1 aromatic heterocycles. The Morgan fingerprint density at radius 1 is 1.47 bits per heavy atom. The van der Waals surface area contributed by atoms with Crippen LogP contribution in [0, 0.1) is 0 Å². The summed E-state index contributed by atoms with van der Waals surface area (Å²) in [5, 5.41) is 3.16. The predicted molar refractivity (Wildman–Crippen MR) is 73.7 cm³/mol. The van der Waals surface area contributed by atoms with E-state index in [0.29, 0.717) is 29.7 Å². The van der Waals surface area contributed by atoms with Gasteiger partial charge in [-0.3, -0.25) is 14.2 Å². The van der Waals surface area contributed by atoms with Crippen LogP contribution in [0.4, 0.5) is 5.69 Å². The van der Waals surface area contributed by atoms with Crippen molar-refractivity contribution < 1.29 is 4.79 Å². The molecular weight excluding hydrogens is 244 g/mol. The highest BCUT2D eigenvalue weighted by molar-refractivity contribution is 5.80. The number of carbonyl (C=O) groups excluding carboxylic acids is 1. The van der Waals surface area contributed by atoms with Gasteiger partial charge in [-0.25, -0.2) is 4.98 Å². The number of rotatable bonds is 4. The third-order valence-corrected chi connectivity index (χ3v) is 2.80. The summed E-state index contributed by atoms with van der Waals surface area (Å²) in [6.07, 6.45) is 1.71. The van der Waals surface area contributed by atoms with Crippen LogP contribution in [-0.2, 0) is 11.3 Å². The quantitative estimate of drug-likeness (QED) is 0.783. The average molecular weight is 260 g/mol. The molecule has 0 unspecified atom stereocenters. The molecule has 0 fully saturated rings. The van der Waals surface area contributed by atoms with Crippen molar-refractivity contribution in [3.63, 3.8) is 0 Å². The molecule has 2 aromatic rings. The van der Waals surface area contributed by atoms with Gasteiger partial charge in [-0.1, -0.05) is 0 Å². The average Bonchev–Trinajstić information content (AvgIpc) is 2.39. The topological polar surface area (TPSA) is 90.0 Å². The fourth-order valence-corrected chi connectivity index (χ4v) is 1.84. The first-order valence-electron chi connectivity index (χ1n) is 6.13. The number of hydrogen-bond acceptors (Lipinski definition) is 4. The standard InChI is InChI=1S/C13H16N4O2/c1-2-15-12(18)5-6-17-8-16-11-4-3-9(14)7-10(11)13(17)19/h3-4,7-8H,2,5-6,14H2,1H3,(H,15,18). The van der Waals surface area contributed by atoms with Gasteiger partial charge in [0.05, 0.1) is 17.2 Å². The smallest absolute Gasteiger partial charge is 0.261 e. The van der Waals surface area contributed by atoms with Crippen LogP contribution in [0.1, 0.15) is 13.3 Å².